The first-order valence-electron chi connectivity index (χ1n) is 8.60. The van der Waals surface area contributed by atoms with Gasteiger partial charge in [-0.2, -0.15) is 0 Å². The highest BCUT2D eigenvalue weighted by atomic mass is 16.5. The third-order valence-electron chi connectivity index (χ3n) is 4.71. The Balaban J connectivity index is 2.07. The summed E-state index contributed by atoms with van der Waals surface area (Å²) in [5.74, 6) is -1.09. The molecule has 0 bridgehead atoms. The van der Waals surface area contributed by atoms with Crippen molar-refractivity contribution in [2.75, 3.05) is 7.11 Å². The molecular weight excluding hydrogens is 342 g/mol. The minimum Gasteiger partial charge on any atom is -0.498 e. The van der Waals surface area contributed by atoms with E-state index in [1.54, 1.807) is 37.3 Å². The number of carbonyl (C=O) groups excluding carboxylic acids is 1. The van der Waals surface area contributed by atoms with E-state index in [1.165, 1.54) is 7.11 Å². The molecule has 0 saturated heterocycles. The van der Waals surface area contributed by atoms with Gasteiger partial charge in [0, 0.05) is 5.56 Å². The second-order valence-electron chi connectivity index (χ2n) is 6.62. The molecule has 2 aromatic carbocycles. The van der Waals surface area contributed by atoms with E-state index in [1.807, 2.05) is 36.4 Å². The molecule has 5 nitrogen and oxygen atoms in total. The summed E-state index contributed by atoms with van der Waals surface area (Å²) >= 11 is 0. The minimum atomic E-state index is -1.28. The van der Waals surface area contributed by atoms with E-state index in [9.17, 15) is 14.7 Å². The highest BCUT2D eigenvalue weighted by Gasteiger charge is 2.44. The van der Waals surface area contributed by atoms with E-state index >= 15 is 0 Å². The Kier molecular flexibility index (Phi) is 5.12. The number of carboxylic acids is 1. The highest BCUT2D eigenvalue weighted by molar-refractivity contribution is 5.96. The zero-order valence-corrected chi connectivity index (χ0v) is 15.2. The Hall–Kier alpha value is -3.34. The number of hydrogen-bond acceptors (Lipinski definition) is 3. The zero-order chi connectivity index (χ0) is 19.4. The second-order valence-corrected chi connectivity index (χ2v) is 6.62. The summed E-state index contributed by atoms with van der Waals surface area (Å²) in [6.45, 7) is 1.61. The largest absolute Gasteiger partial charge is 0.498 e. The predicted molar refractivity (Wildman–Crippen MR) is 103 cm³/mol. The van der Waals surface area contributed by atoms with Crippen LogP contribution in [0.4, 0.5) is 0 Å². The lowest BCUT2D eigenvalue weighted by Gasteiger charge is -2.33. The quantitative estimate of drug-likeness (QED) is 0.846. The van der Waals surface area contributed by atoms with Crippen LogP contribution in [0.5, 0.6) is 0 Å². The summed E-state index contributed by atoms with van der Waals surface area (Å²) < 4.78 is 5.44. The van der Waals surface area contributed by atoms with Gasteiger partial charge in [-0.3, -0.25) is 9.59 Å². The highest BCUT2D eigenvalue weighted by Crippen LogP contribution is 2.43. The molecule has 5 heteroatoms. The number of carbonyl (C=O) groups is 2. The number of methoxy groups -OCH3 is 1. The fourth-order valence-electron chi connectivity index (χ4n) is 3.27. The SMILES string of the molecule is COC1=C(NC(=O)c2ccccc2)C=C(c2ccccc2)CC1(C)C(=O)O. The van der Waals surface area contributed by atoms with Crippen LogP contribution in [-0.2, 0) is 9.53 Å². The van der Waals surface area contributed by atoms with E-state index < -0.39 is 11.4 Å². The van der Waals surface area contributed by atoms with Crippen LogP contribution in [0.1, 0.15) is 29.3 Å². The normalized spacial score (nSPS) is 19.3. The molecule has 138 valence electrons. The van der Waals surface area contributed by atoms with Gasteiger partial charge in [0.1, 0.15) is 11.2 Å². The average Bonchev–Trinajstić information content (AvgIpc) is 2.69. The number of nitrogens with one attached hydrogen (secondary N) is 1. The maximum atomic E-state index is 12.6. The molecule has 0 spiro atoms. The van der Waals surface area contributed by atoms with Gasteiger partial charge in [0.15, 0.2) is 0 Å². The molecule has 1 aliphatic carbocycles. The number of ether oxygens (including phenoxy) is 1. The average molecular weight is 363 g/mol. The summed E-state index contributed by atoms with van der Waals surface area (Å²) in [6.07, 6.45) is 2.06. The van der Waals surface area contributed by atoms with E-state index in [0.717, 1.165) is 11.1 Å². The molecule has 0 heterocycles. The molecule has 0 radical (unpaired) electrons. The predicted octanol–water partition coefficient (Wildman–Crippen LogP) is 3.85. The van der Waals surface area contributed by atoms with Crippen LogP contribution in [0.25, 0.3) is 5.57 Å². The van der Waals surface area contributed by atoms with Gasteiger partial charge in [0.25, 0.3) is 5.91 Å². The molecule has 27 heavy (non-hydrogen) atoms. The molecule has 0 saturated carbocycles. The summed E-state index contributed by atoms with van der Waals surface area (Å²) in [5, 5.41) is 12.7. The lowest BCUT2D eigenvalue weighted by atomic mass is 9.75. The van der Waals surface area contributed by atoms with Crippen LogP contribution >= 0.6 is 0 Å². The number of benzene rings is 2. The molecule has 0 fully saturated rings. The number of rotatable bonds is 5. The summed E-state index contributed by atoms with van der Waals surface area (Å²) in [6, 6.07) is 18.3. The molecule has 3 rings (SSSR count). The van der Waals surface area contributed by atoms with Crippen LogP contribution in [0.3, 0.4) is 0 Å². The summed E-state index contributed by atoms with van der Waals surface area (Å²) in [4.78, 5) is 24.7. The van der Waals surface area contributed by atoms with Crippen molar-refractivity contribution in [3.8, 4) is 0 Å². The van der Waals surface area contributed by atoms with Crippen molar-refractivity contribution >= 4 is 17.4 Å². The molecule has 2 aromatic rings. The fraction of sp³-hybridized carbons (Fsp3) is 0.182. The van der Waals surface area contributed by atoms with Crippen molar-refractivity contribution in [2.45, 2.75) is 13.3 Å². The van der Waals surface area contributed by atoms with Crippen LogP contribution in [-0.4, -0.2) is 24.1 Å². The van der Waals surface area contributed by atoms with E-state index in [2.05, 4.69) is 5.32 Å². The van der Waals surface area contributed by atoms with Crippen molar-refractivity contribution in [1.82, 2.24) is 5.32 Å². The van der Waals surface area contributed by atoms with Crippen molar-refractivity contribution in [3.05, 3.63) is 89.3 Å². The van der Waals surface area contributed by atoms with Crippen LogP contribution in [0.2, 0.25) is 0 Å². The monoisotopic (exact) mass is 363 g/mol. The Morgan fingerprint density at radius 3 is 2.19 bits per heavy atom. The second kappa shape index (κ2) is 7.50. The lowest BCUT2D eigenvalue weighted by molar-refractivity contribution is -0.147. The lowest BCUT2D eigenvalue weighted by Crippen LogP contribution is -2.37. The van der Waals surface area contributed by atoms with Crippen molar-refractivity contribution in [1.29, 1.82) is 0 Å². The molecule has 1 amide bonds. The maximum absolute atomic E-state index is 12.6. The third kappa shape index (κ3) is 3.62. The maximum Gasteiger partial charge on any atom is 0.317 e. The number of amides is 1. The van der Waals surface area contributed by atoms with Gasteiger partial charge < -0.3 is 15.2 Å². The van der Waals surface area contributed by atoms with Gasteiger partial charge in [-0.1, -0.05) is 48.5 Å². The van der Waals surface area contributed by atoms with Crippen molar-refractivity contribution in [3.63, 3.8) is 0 Å². The summed E-state index contributed by atoms with van der Waals surface area (Å²) in [5.41, 5.74) is 1.30. The molecule has 1 atom stereocenters. The number of aliphatic carboxylic acids is 1. The Morgan fingerprint density at radius 1 is 1.04 bits per heavy atom. The standard InChI is InChI=1S/C22H21NO4/c1-22(21(25)26)14-17(15-9-5-3-6-10-15)13-18(19(22)27-2)23-20(24)16-11-7-4-8-12-16/h3-13H,14H2,1-2H3,(H,23,24)(H,25,26). The van der Waals surface area contributed by atoms with Crippen molar-refractivity contribution in [2.24, 2.45) is 5.41 Å². The Labute approximate surface area is 158 Å². The fourth-order valence-corrected chi connectivity index (χ4v) is 3.27. The van der Waals surface area contributed by atoms with Gasteiger partial charge in [-0.15, -0.1) is 0 Å². The third-order valence-corrected chi connectivity index (χ3v) is 4.71. The van der Waals surface area contributed by atoms with Gasteiger partial charge in [0.05, 0.1) is 12.8 Å². The first-order valence-corrected chi connectivity index (χ1v) is 8.60. The molecule has 2 N–H and O–H groups in total. The molecule has 0 aliphatic heterocycles. The topological polar surface area (TPSA) is 75.6 Å². The summed E-state index contributed by atoms with van der Waals surface area (Å²) in [7, 11) is 1.42. The first-order chi connectivity index (χ1) is 13.0. The van der Waals surface area contributed by atoms with Crippen molar-refractivity contribution < 1.29 is 19.4 Å². The van der Waals surface area contributed by atoms with Gasteiger partial charge in [0.2, 0.25) is 0 Å². The van der Waals surface area contributed by atoms with Crippen LogP contribution in [0, 0.1) is 5.41 Å². The zero-order valence-electron chi connectivity index (χ0n) is 15.2. The number of hydrogen-bond donors (Lipinski definition) is 2. The van der Waals surface area contributed by atoms with Gasteiger partial charge >= 0.3 is 5.97 Å². The van der Waals surface area contributed by atoms with E-state index in [4.69, 9.17) is 4.74 Å². The van der Waals surface area contributed by atoms with Gasteiger partial charge in [-0.25, -0.2) is 0 Å². The van der Waals surface area contributed by atoms with Crippen LogP contribution in [0.15, 0.2) is 78.2 Å². The molecule has 0 aromatic heterocycles. The smallest absolute Gasteiger partial charge is 0.317 e. The first kappa shape index (κ1) is 18.5. The Bertz CT molecular complexity index is 916. The van der Waals surface area contributed by atoms with E-state index in [0.29, 0.717) is 11.3 Å². The molecular formula is C22H21NO4. The van der Waals surface area contributed by atoms with Gasteiger partial charge in [-0.05, 0) is 42.7 Å². The molecule has 1 unspecified atom stereocenters. The molecule has 1 aliphatic rings. The minimum absolute atomic E-state index is 0.235. The Morgan fingerprint density at radius 2 is 1.63 bits per heavy atom. The van der Waals surface area contributed by atoms with Crippen LogP contribution < -0.4 is 5.32 Å². The van der Waals surface area contributed by atoms with E-state index in [-0.39, 0.29) is 18.1 Å². The number of carboxylic acid groups (broad SMARTS) is 1. The number of allylic oxidation sites excluding steroid dienone is 2.